The van der Waals surface area contributed by atoms with Gasteiger partial charge < -0.3 is 4.90 Å². The summed E-state index contributed by atoms with van der Waals surface area (Å²) in [6.07, 6.45) is 2.18. The number of aromatic nitrogens is 1. The Kier molecular flexibility index (Phi) is 8.13. The molecule has 6 nitrogen and oxygen atoms in total. The predicted molar refractivity (Wildman–Crippen MR) is 129 cm³/mol. The number of hydrogen-bond acceptors (Lipinski definition) is 5. The van der Waals surface area contributed by atoms with E-state index in [9.17, 15) is 8.42 Å². The smallest absolute Gasteiger partial charge is 0.242 e. The van der Waals surface area contributed by atoms with Crippen LogP contribution in [0, 0.1) is 0 Å². The summed E-state index contributed by atoms with van der Waals surface area (Å²) in [7, 11) is -3.55. The summed E-state index contributed by atoms with van der Waals surface area (Å²) < 4.78 is 27.8. The summed E-state index contributed by atoms with van der Waals surface area (Å²) in [5, 5.41) is 1.57. The Labute approximate surface area is 194 Å². The van der Waals surface area contributed by atoms with Gasteiger partial charge in [0, 0.05) is 55.0 Å². The molecule has 4 rings (SSSR count). The number of halogens is 2. The number of anilines is 1. The largest absolute Gasteiger partial charge is 0.369 e. The number of nitrogens with zero attached hydrogens (tertiary/aromatic N) is 3. The Balaban J connectivity index is 0.00000272. The monoisotopic (exact) mass is 480 g/mol. The zero-order valence-corrected chi connectivity index (χ0v) is 19.5. The van der Waals surface area contributed by atoms with E-state index in [-0.39, 0.29) is 17.3 Å². The maximum absolute atomic E-state index is 12.6. The summed E-state index contributed by atoms with van der Waals surface area (Å²) >= 11 is 5.96. The van der Waals surface area contributed by atoms with E-state index in [1.165, 1.54) is 11.9 Å². The lowest BCUT2D eigenvalue weighted by atomic mass is 10.2. The molecule has 0 atom stereocenters. The van der Waals surface area contributed by atoms with Crippen molar-refractivity contribution in [3.8, 4) is 0 Å². The van der Waals surface area contributed by atoms with Crippen molar-refractivity contribution >= 4 is 50.6 Å². The highest BCUT2D eigenvalue weighted by molar-refractivity contribution is 7.89. The van der Waals surface area contributed by atoms with E-state index < -0.39 is 10.0 Å². The lowest BCUT2D eigenvalue weighted by Gasteiger charge is -2.36. The maximum atomic E-state index is 12.6. The van der Waals surface area contributed by atoms with Crippen LogP contribution in [0.3, 0.4) is 0 Å². The minimum atomic E-state index is -3.55. The Morgan fingerprint density at radius 1 is 1.00 bits per heavy atom. The van der Waals surface area contributed by atoms with Gasteiger partial charge in [-0.05, 0) is 49.4 Å². The van der Waals surface area contributed by atoms with Crippen molar-refractivity contribution in [3.05, 3.63) is 65.8 Å². The molecule has 3 aromatic rings. The molecule has 2 heterocycles. The second kappa shape index (κ2) is 10.6. The van der Waals surface area contributed by atoms with Gasteiger partial charge in [0.15, 0.2) is 0 Å². The maximum Gasteiger partial charge on any atom is 0.242 e. The van der Waals surface area contributed by atoms with Crippen LogP contribution in [0.5, 0.6) is 0 Å². The van der Waals surface area contributed by atoms with Gasteiger partial charge in [-0.3, -0.25) is 9.88 Å². The highest BCUT2D eigenvalue weighted by atomic mass is 35.5. The minimum absolute atomic E-state index is 0. The number of fused-ring (bicyclic) bond motifs is 1. The van der Waals surface area contributed by atoms with Gasteiger partial charge in [-0.25, -0.2) is 13.1 Å². The molecule has 31 heavy (non-hydrogen) atoms. The van der Waals surface area contributed by atoms with E-state index in [1.54, 1.807) is 6.07 Å². The molecule has 1 saturated heterocycles. The quantitative estimate of drug-likeness (QED) is 0.520. The first-order valence-corrected chi connectivity index (χ1v) is 11.9. The van der Waals surface area contributed by atoms with Gasteiger partial charge in [0.1, 0.15) is 4.90 Å². The Morgan fingerprint density at radius 3 is 2.45 bits per heavy atom. The molecule has 166 valence electrons. The Bertz CT molecular complexity index is 1100. The number of sulfonamides is 1. The topological polar surface area (TPSA) is 65.5 Å². The number of para-hydroxylation sites is 1. The third-order valence-electron chi connectivity index (χ3n) is 5.38. The van der Waals surface area contributed by atoms with Gasteiger partial charge >= 0.3 is 0 Å². The lowest BCUT2D eigenvalue weighted by molar-refractivity contribution is 0.255. The molecule has 1 N–H and O–H groups in total. The number of rotatable bonds is 7. The summed E-state index contributed by atoms with van der Waals surface area (Å²) in [4.78, 5) is 9.18. The Hall–Kier alpha value is -1.90. The highest BCUT2D eigenvalue weighted by Crippen LogP contribution is 2.19. The molecular weight excluding hydrogens is 455 g/mol. The van der Waals surface area contributed by atoms with Crippen molar-refractivity contribution in [2.75, 3.05) is 44.2 Å². The molecule has 1 fully saturated rings. The third-order valence-corrected chi connectivity index (χ3v) is 7.06. The summed E-state index contributed by atoms with van der Waals surface area (Å²) in [6, 6.07) is 17.1. The molecule has 0 saturated carbocycles. The number of benzene rings is 2. The minimum Gasteiger partial charge on any atom is -0.369 e. The molecular formula is C22H26Cl2N4O2S. The summed E-state index contributed by atoms with van der Waals surface area (Å²) in [6.45, 7) is 5.11. The first kappa shape index (κ1) is 23.8. The van der Waals surface area contributed by atoms with E-state index in [2.05, 4.69) is 31.6 Å². The van der Waals surface area contributed by atoms with Gasteiger partial charge in [-0.2, -0.15) is 0 Å². The van der Waals surface area contributed by atoms with Crippen LogP contribution < -0.4 is 9.62 Å². The molecule has 0 unspecified atom stereocenters. The summed E-state index contributed by atoms with van der Waals surface area (Å²) in [5.41, 5.74) is 1.98. The van der Waals surface area contributed by atoms with Crippen LogP contribution in [-0.4, -0.2) is 57.6 Å². The zero-order valence-electron chi connectivity index (χ0n) is 17.1. The summed E-state index contributed by atoms with van der Waals surface area (Å²) in [5.74, 6) is 0. The average Bonchev–Trinajstić information content (AvgIpc) is 2.77. The zero-order chi connectivity index (χ0) is 21.0. The molecule has 9 heteroatoms. The fourth-order valence-corrected chi connectivity index (χ4v) is 4.85. The van der Waals surface area contributed by atoms with Crippen molar-refractivity contribution in [3.63, 3.8) is 0 Å². The van der Waals surface area contributed by atoms with E-state index >= 15 is 0 Å². The van der Waals surface area contributed by atoms with Crippen LogP contribution in [0.4, 0.5) is 5.69 Å². The van der Waals surface area contributed by atoms with Crippen LogP contribution in [0.25, 0.3) is 10.9 Å². The van der Waals surface area contributed by atoms with Crippen molar-refractivity contribution in [2.45, 2.75) is 11.3 Å². The molecule has 0 radical (unpaired) electrons. The van der Waals surface area contributed by atoms with Gasteiger partial charge in [-0.1, -0.05) is 29.8 Å². The van der Waals surface area contributed by atoms with E-state index in [4.69, 9.17) is 11.6 Å². The first-order valence-electron chi connectivity index (χ1n) is 10.1. The first-order chi connectivity index (χ1) is 14.5. The SMILES string of the molecule is Cl.O=S(=O)(NCCCN1CCN(c2ccc(Cl)cc2)CC1)c1cnc2ccccc2c1. The fourth-order valence-electron chi connectivity index (χ4n) is 3.67. The van der Waals surface area contributed by atoms with Crippen LogP contribution in [0.15, 0.2) is 65.7 Å². The standard InChI is InChI=1S/C22H25ClN4O2S.ClH/c23-19-6-8-20(9-7-19)27-14-12-26(13-15-27)11-3-10-25-30(28,29)21-16-18-4-1-2-5-22(18)24-17-21;/h1-2,4-9,16-17,25H,3,10-15H2;1H. The predicted octanol–water partition coefficient (Wildman–Crippen LogP) is 3.80. The second-order valence-electron chi connectivity index (χ2n) is 7.42. The van der Waals surface area contributed by atoms with Crippen LogP contribution in [0.2, 0.25) is 5.02 Å². The van der Waals surface area contributed by atoms with Gasteiger partial charge in [-0.15, -0.1) is 12.4 Å². The highest BCUT2D eigenvalue weighted by Gasteiger charge is 2.18. The third kappa shape index (κ3) is 6.08. The van der Waals surface area contributed by atoms with Gasteiger partial charge in [0.25, 0.3) is 0 Å². The normalized spacial score (nSPS) is 15.1. The molecule has 1 aliphatic heterocycles. The van der Waals surface area contributed by atoms with Crippen molar-refractivity contribution in [2.24, 2.45) is 0 Å². The van der Waals surface area contributed by atoms with Crippen molar-refractivity contribution < 1.29 is 8.42 Å². The van der Waals surface area contributed by atoms with E-state index in [0.717, 1.165) is 55.1 Å². The molecule has 0 bridgehead atoms. The molecule has 0 spiro atoms. The number of pyridine rings is 1. The van der Waals surface area contributed by atoms with Crippen molar-refractivity contribution in [1.82, 2.24) is 14.6 Å². The fraction of sp³-hybridized carbons (Fsp3) is 0.318. The van der Waals surface area contributed by atoms with Gasteiger partial charge in [0.2, 0.25) is 10.0 Å². The molecule has 0 amide bonds. The Morgan fingerprint density at radius 2 is 1.71 bits per heavy atom. The lowest BCUT2D eigenvalue weighted by Crippen LogP contribution is -2.47. The molecule has 1 aliphatic rings. The molecule has 0 aliphatic carbocycles. The van der Waals surface area contributed by atoms with Crippen LogP contribution >= 0.6 is 24.0 Å². The number of piperazine rings is 1. The van der Waals surface area contributed by atoms with Crippen LogP contribution in [0.1, 0.15) is 6.42 Å². The van der Waals surface area contributed by atoms with Crippen molar-refractivity contribution in [1.29, 1.82) is 0 Å². The average molecular weight is 481 g/mol. The molecule has 1 aromatic heterocycles. The second-order valence-corrected chi connectivity index (χ2v) is 9.62. The molecule has 2 aromatic carbocycles. The number of nitrogens with one attached hydrogen (secondary N) is 1. The van der Waals surface area contributed by atoms with Gasteiger partial charge in [0.05, 0.1) is 5.52 Å². The number of hydrogen-bond donors (Lipinski definition) is 1. The van der Waals surface area contributed by atoms with Crippen LogP contribution in [-0.2, 0) is 10.0 Å². The van der Waals surface area contributed by atoms with E-state index in [0.29, 0.717) is 6.54 Å². The van der Waals surface area contributed by atoms with E-state index in [1.807, 2.05) is 36.4 Å².